The first-order chi connectivity index (χ1) is 6.11. The molecule has 13 heavy (non-hydrogen) atoms. The lowest BCUT2D eigenvalue weighted by Crippen LogP contribution is -2.16. The van der Waals surface area contributed by atoms with Gasteiger partial charge in [0, 0.05) is 5.56 Å². The SMILES string of the molecule is N=C(N)c1ccccc1NC(=O)O. The standard InChI is InChI=1S/C8H9N3O2/c9-7(10)5-3-1-2-4-6(5)11-8(12)13/h1-4,11H,(H3,9,10)(H,12,13). The Morgan fingerprint density at radius 3 is 2.62 bits per heavy atom. The van der Waals surface area contributed by atoms with Gasteiger partial charge >= 0.3 is 6.09 Å². The van der Waals surface area contributed by atoms with E-state index in [0.29, 0.717) is 11.3 Å². The van der Waals surface area contributed by atoms with Gasteiger partial charge < -0.3 is 10.8 Å². The minimum Gasteiger partial charge on any atom is -0.465 e. The number of nitrogen functional groups attached to an aromatic ring is 1. The van der Waals surface area contributed by atoms with Crippen LogP contribution in [0.1, 0.15) is 5.56 Å². The molecule has 0 saturated heterocycles. The Kier molecular flexibility index (Phi) is 2.49. The lowest BCUT2D eigenvalue weighted by molar-refractivity contribution is 0.210. The van der Waals surface area contributed by atoms with E-state index in [1.54, 1.807) is 24.3 Å². The summed E-state index contributed by atoms with van der Waals surface area (Å²) >= 11 is 0. The molecule has 0 spiro atoms. The molecule has 0 heterocycles. The molecule has 0 unspecified atom stereocenters. The van der Waals surface area contributed by atoms with Crippen LogP contribution in [-0.4, -0.2) is 17.0 Å². The van der Waals surface area contributed by atoms with E-state index >= 15 is 0 Å². The fourth-order valence-corrected chi connectivity index (χ4v) is 0.942. The van der Waals surface area contributed by atoms with Gasteiger partial charge in [0.1, 0.15) is 5.84 Å². The first kappa shape index (κ1) is 9.05. The van der Waals surface area contributed by atoms with Gasteiger partial charge in [0.25, 0.3) is 0 Å². The Hall–Kier alpha value is -2.04. The largest absolute Gasteiger partial charge is 0.465 e. The van der Waals surface area contributed by atoms with Gasteiger partial charge in [-0.1, -0.05) is 12.1 Å². The number of rotatable bonds is 2. The van der Waals surface area contributed by atoms with Gasteiger partial charge in [-0.3, -0.25) is 10.7 Å². The Labute approximate surface area is 74.7 Å². The zero-order valence-electron chi connectivity index (χ0n) is 6.74. The summed E-state index contributed by atoms with van der Waals surface area (Å²) in [5.74, 6) is -0.163. The minimum absolute atomic E-state index is 0.163. The highest BCUT2D eigenvalue weighted by molar-refractivity contribution is 6.02. The molecule has 68 valence electrons. The third-order valence-electron chi connectivity index (χ3n) is 1.46. The first-order valence-electron chi connectivity index (χ1n) is 3.54. The lowest BCUT2D eigenvalue weighted by Gasteiger charge is -2.06. The van der Waals surface area contributed by atoms with Crippen molar-refractivity contribution in [2.75, 3.05) is 5.32 Å². The summed E-state index contributed by atoms with van der Waals surface area (Å²) in [6.45, 7) is 0. The topological polar surface area (TPSA) is 99.2 Å². The van der Waals surface area contributed by atoms with Crippen molar-refractivity contribution >= 4 is 17.6 Å². The first-order valence-corrected chi connectivity index (χ1v) is 3.54. The smallest absolute Gasteiger partial charge is 0.409 e. The van der Waals surface area contributed by atoms with Crippen molar-refractivity contribution in [3.8, 4) is 0 Å². The Morgan fingerprint density at radius 2 is 2.08 bits per heavy atom. The fraction of sp³-hybridized carbons (Fsp3) is 0. The molecule has 0 aliphatic heterocycles. The zero-order chi connectivity index (χ0) is 9.84. The number of carbonyl (C=O) groups is 1. The molecule has 0 aromatic heterocycles. The van der Waals surface area contributed by atoms with Crippen LogP contribution < -0.4 is 11.1 Å². The molecule has 5 N–H and O–H groups in total. The maximum atomic E-state index is 10.3. The van der Waals surface area contributed by atoms with E-state index in [2.05, 4.69) is 5.32 Å². The second-order valence-electron chi connectivity index (χ2n) is 2.39. The summed E-state index contributed by atoms with van der Waals surface area (Å²) in [6, 6.07) is 6.47. The summed E-state index contributed by atoms with van der Waals surface area (Å²) in [5.41, 5.74) is 5.94. The van der Waals surface area contributed by atoms with Gasteiger partial charge in [0.05, 0.1) is 5.69 Å². The van der Waals surface area contributed by atoms with Crippen LogP contribution in [0.3, 0.4) is 0 Å². The van der Waals surface area contributed by atoms with Crippen molar-refractivity contribution in [1.82, 2.24) is 0 Å². The highest BCUT2D eigenvalue weighted by Crippen LogP contribution is 2.13. The predicted molar refractivity (Wildman–Crippen MR) is 49.1 cm³/mol. The molecule has 1 amide bonds. The molecule has 0 saturated carbocycles. The van der Waals surface area contributed by atoms with Crippen molar-refractivity contribution in [3.05, 3.63) is 29.8 Å². The van der Waals surface area contributed by atoms with Gasteiger partial charge in [-0.2, -0.15) is 0 Å². The van der Waals surface area contributed by atoms with E-state index in [4.69, 9.17) is 16.2 Å². The maximum absolute atomic E-state index is 10.3. The lowest BCUT2D eigenvalue weighted by atomic mass is 10.1. The van der Waals surface area contributed by atoms with Crippen LogP contribution in [-0.2, 0) is 0 Å². The molecule has 0 radical (unpaired) electrons. The minimum atomic E-state index is -1.17. The van der Waals surface area contributed by atoms with Gasteiger partial charge in [-0.05, 0) is 12.1 Å². The van der Waals surface area contributed by atoms with E-state index in [1.807, 2.05) is 0 Å². The average molecular weight is 179 g/mol. The van der Waals surface area contributed by atoms with E-state index in [9.17, 15) is 4.79 Å². The number of benzene rings is 1. The number of hydrogen-bond donors (Lipinski definition) is 4. The molecule has 1 rings (SSSR count). The van der Waals surface area contributed by atoms with Crippen LogP contribution in [0.15, 0.2) is 24.3 Å². The van der Waals surface area contributed by atoms with Crippen molar-refractivity contribution < 1.29 is 9.90 Å². The molecule has 0 atom stereocenters. The quantitative estimate of drug-likeness (QED) is 0.403. The maximum Gasteiger partial charge on any atom is 0.409 e. The molecule has 1 aromatic carbocycles. The van der Waals surface area contributed by atoms with Crippen molar-refractivity contribution in [1.29, 1.82) is 5.41 Å². The zero-order valence-corrected chi connectivity index (χ0v) is 6.74. The number of amidine groups is 1. The molecule has 0 aliphatic rings. The van der Waals surface area contributed by atoms with Gasteiger partial charge in [0.15, 0.2) is 0 Å². The third kappa shape index (κ3) is 2.19. The summed E-state index contributed by atoms with van der Waals surface area (Å²) in [6.07, 6.45) is -1.17. The predicted octanol–water partition coefficient (Wildman–Crippen LogP) is 1.06. The van der Waals surface area contributed by atoms with Crippen LogP contribution in [0.5, 0.6) is 0 Å². The highest BCUT2D eigenvalue weighted by Gasteiger charge is 2.05. The Morgan fingerprint density at radius 1 is 1.46 bits per heavy atom. The number of amides is 1. The second kappa shape index (κ2) is 3.57. The summed E-state index contributed by atoms with van der Waals surface area (Å²) < 4.78 is 0. The van der Waals surface area contributed by atoms with Crippen molar-refractivity contribution in [2.45, 2.75) is 0 Å². The van der Waals surface area contributed by atoms with Gasteiger partial charge in [-0.25, -0.2) is 4.79 Å². The number of hydrogen-bond acceptors (Lipinski definition) is 2. The third-order valence-corrected chi connectivity index (χ3v) is 1.46. The molecule has 0 aliphatic carbocycles. The van der Waals surface area contributed by atoms with Crippen LogP contribution in [0.4, 0.5) is 10.5 Å². The molecule has 5 nitrogen and oxygen atoms in total. The van der Waals surface area contributed by atoms with Crippen LogP contribution >= 0.6 is 0 Å². The van der Waals surface area contributed by atoms with Crippen LogP contribution in [0, 0.1) is 5.41 Å². The normalized spacial score (nSPS) is 9.23. The van der Waals surface area contributed by atoms with E-state index in [0.717, 1.165) is 0 Å². The number of carboxylic acid groups (broad SMARTS) is 1. The summed E-state index contributed by atoms with van der Waals surface area (Å²) in [4.78, 5) is 10.3. The number of anilines is 1. The molecular weight excluding hydrogens is 170 g/mol. The fourth-order valence-electron chi connectivity index (χ4n) is 0.942. The monoisotopic (exact) mass is 179 g/mol. The molecule has 0 fully saturated rings. The average Bonchev–Trinajstić information content (AvgIpc) is 2.03. The summed E-state index contributed by atoms with van der Waals surface area (Å²) in [5, 5.41) is 17.8. The Bertz CT molecular complexity index is 349. The molecule has 5 heteroatoms. The number of nitrogens with two attached hydrogens (primary N) is 1. The van der Waals surface area contributed by atoms with Crippen molar-refractivity contribution in [2.24, 2.45) is 5.73 Å². The van der Waals surface area contributed by atoms with Crippen LogP contribution in [0.2, 0.25) is 0 Å². The number of nitrogens with one attached hydrogen (secondary N) is 2. The number of para-hydroxylation sites is 1. The van der Waals surface area contributed by atoms with Gasteiger partial charge in [0.2, 0.25) is 0 Å². The molecular formula is C8H9N3O2. The highest BCUT2D eigenvalue weighted by atomic mass is 16.4. The van der Waals surface area contributed by atoms with E-state index in [1.165, 1.54) is 0 Å². The molecule has 0 bridgehead atoms. The van der Waals surface area contributed by atoms with E-state index in [-0.39, 0.29) is 5.84 Å². The van der Waals surface area contributed by atoms with E-state index < -0.39 is 6.09 Å². The molecule has 1 aromatic rings. The summed E-state index contributed by atoms with van der Waals surface area (Å²) in [7, 11) is 0. The van der Waals surface area contributed by atoms with Crippen LogP contribution in [0.25, 0.3) is 0 Å². The Balaban J connectivity index is 3.04. The van der Waals surface area contributed by atoms with Crippen molar-refractivity contribution in [3.63, 3.8) is 0 Å². The van der Waals surface area contributed by atoms with Gasteiger partial charge in [-0.15, -0.1) is 0 Å². The second-order valence-corrected chi connectivity index (χ2v) is 2.39.